The van der Waals surface area contributed by atoms with Gasteiger partial charge in [0.05, 0.1) is 11.0 Å². The third kappa shape index (κ3) is 2.80. The monoisotopic (exact) mass is 226 g/mol. The van der Waals surface area contributed by atoms with E-state index in [1.807, 2.05) is 0 Å². The van der Waals surface area contributed by atoms with E-state index in [2.05, 4.69) is 4.98 Å². The first-order valence-corrected chi connectivity index (χ1v) is 4.72. The molecule has 1 heterocycles. The van der Waals surface area contributed by atoms with Crippen molar-refractivity contribution in [3.63, 3.8) is 0 Å². The van der Waals surface area contributed by atoms with Crippen LogP contribution in [-0.4, -0.2) is 34.7 Å². The largest absolute Gasteiger partial charge is 0.392 e. The van der Waals surface area contributed by atoms with E-state index in [0.717, 1.165) is 0 Å². The number of hydrogen-bond donors (Lipinski definition) is 2. The van der Waals surface area contributed by atoms with Crippen LogP contribution in [0.5, 0.6) is 0 Å². The third-order valence-corrected chi connectivity index (χ3v) is 1.97. The minimum Gasteiger partial charge on any atom is -0.392 e. The predicted molar refractivity (Wildman–Crippen MR) is 60.3 cm³/mol. The van der Waals surface area contributed by atoms with Crippen molar-refractivity contribution in [3.05, 3.63) is 22.2 Å². The summed E-state index contributed by atoms with van der Waals surface area (Å²) in [5.74, 6) is 0.365. The van der Waals surface area contributed by atoms with Gasteiger partial charge in [0, 0.05) is 19.7 Å². The van der Waals surface area contributed by atoms with Crippen molar-refractivity contribution in [2.24, 2.45) is 0 Å². The van der Waals surface area contributed by atoms with Gasteiger partial charge in [-0.25, -0.2) is 4.98 Å². The summed E-state index contributed by atoms with van der Waals surface area (Å²) in [6.45, 7) is 1.84. The standard InChI is InChI=1S/C9H14N4O3/c1-6(14)5-12(2)9-7(13(15)16)3-4-8(10)11-9/h3-4,6,14H,5H2,1-2H3,(H2,10,11). The van der Waals surface area contributed by atoms with Crippen molar-refractivity contribution in [1.29, 1.82) is 0 Å². The average Bonchev–Trinajstić information content (AvgIpc) is 2.15. The van der Waals surface area contributed by atoms with E-state index in [-0.39, 0.29) is 23.9 Å². The molecule has 0 radical (unpaired) electrons. The van der Waals surface area contributed by atoms with Crippen molar-refractivity contribution >= 4 is 17.3 Å². The number of hydrogen-bond acceptors (Lipinski definition) is 6. The average molecular weight is 226 g/mol. The van der Waals surface area contributed by atoms with Crippen LogP contribution in [0.1, 0.15) is 6.92 Å². The summed E-state index contributed by atoms with van der Waals surface area (Å²) < 4.78 is 0. The number of aliphatic hydroxyl groups is 1. The summed E-state index contributed by atoms with van der Waals surface area (Å²) in [6.07, 6.45) is -0.604. The number of likely N-dealkylation sites (N-methyl/N-ethyl adjacent to an activating group) is 1. The Bertz CT molecular complexity index is 394. The van der Waals surface area contributed by atoms with Crippen LogP contribution in [0.25, 0.3) is 0 Å². The molecule has 0 spiro atoms. The molecule has 0 amide bonds. The molecule has 1 atom stereocenters. The quantitative estimate of drug-likeness (QED) is 0.568. The first-order chi connectivity index (χ1) is 7.41. The lowest BCUT2D eigenvalue weighted by molar-refractivity contribution is -0.384. The Morgan fingerprint density at radius 2 is 2.31 bits per heavy atom. The van der Waals surface area contributed by atoms with E-state index in [9.17, 15) is 15.2 Å². The molecule has 1 unspecified atom stereocenters. The highest BCUT2D eigenvalue weighted by atomic mass is 16.6. The van der Waals surface area contributed by atoms with Crippen LogP contribution in [0.3, 0.4) is 0 Å². The highest BCUT2D eigenvalue weighted by molar-refractivity contribution is 5.60. The molecule has 0 aliphatic heterocycles. The first-order valence-electron chi connectivity index (χ1n) is 4.72. The SMILES string of the molecule is CC(O)CN(C)c1nc(N)ccc1[N+](=O)[O-]. The van der Waals surface area contributed by atoms with Crippen LogP contribution >= 0.6 is 0 Å². The van der Waals surface area contributed by atoms with Gasteiger partial charge in [0.25, 0.3) is 0 Å². The second kappa shape index (κ2) is 4.75. The van der Waals surface area contributed by atoms with Crippen LogP contribution in [0.2, 0.25) is 0 Å². The molecule has 0 aliphatic carbocycles. The fourth-order valence-electron chi connectivity index (χ4n) is 1.36. The maximum atomic E-state index is 10.8. The van der Waals surface area contributed by atoms with Gasteiger partial charge in [0.15, 0.2) is 0 Å². The van der Waals surface area contributed by atoms with Gasteiger partial charge in [0.1, 0.15) is 5.82 Å². The number of rotatable bonds is 4. The number of pyridine rings is 1. The van der Waals surface area contributed by atoms with Crippen LogP contribution in [-0.2, 0) is 0 Å². The summed E-state index contributed by atoms with van der Waals surface area (Å²) in [7, 11) is 1.61. The second-order valence-corrected chi connectivity index (χ2v) is 3.57. The van der Waals surface area contributed by atoms with E-state index in [0.29, 0.717) is 0 Å². The van der Waals surface area contributed by atoms with Gasteiger partial charge >= 0.3 is 5.69 Å². The topological polar surface area (TPSA) is 106 Å². The van der Waals surface area contributed by atoms with Gasteiger partial charge in [-0.1, -0.05) is 0 Å². The van der Waals surface area contributed by atoms with E-state index in [4.69, 9.17) is 5.73 Å². The molecule has 3 N–H and O–H groups in total. The molecular formula is C9H14N4O3. The maximum absolute atomic E-state index is 10.8. The Hall–Kier alpha value is -1.89. The number of aliphatic hydroxyl groups excluding tert-OH is 1. The molecule has 88 valence electrons. The molecule has 1 rings (SSSR count). The number of nitrogen functional groups attached to an aromatic ring is 1. The lowest BCUT2D eigenvalue weighted by Crippen LogP contribution is -2.28. The fourth-order valence-corrected chi connectivity index (χ4v) is 1.36. The van der Waals surface area contributed by atoms with Gasteiger partial charge in [-0.05, 0) is 13.0 Å². The molecule has 0 saturated carbocycles. The van der Waals surface area contributed by atoms with Crippen molar-refractivity contribution in [1.82, 2.24) is 4.98 Å². The summed E-state index contributed by atoms with van der Waals surface area (Å²) in [5.41, 5.74) is 5.35. The lowest BCUT2D eigenvalue weighted by atomic mass is 10.3. The van der Waals surface area contributed by atoms with Crippen molar-refractivity contribution < 1.29 is 10.0 Å². The maximum Gasteiger partial charge on any atom is 0.311 e. The van der Waals surface area contributed by atoms with Crippen LogP contribution in [0.4, 0.5) is 17.3 Å². The Morgan fingerprint density at radius 1 is 1.69 bits per heavy atom. The number of nitro groups is 1. The minimum atomic E-state index is -0.604. The number of aromatic nitrogens is 1. The van der Waals surface area contributed by atoms with Gasteiger partial charge in [-0.15, -0.1) is 0 Å². The highest BCUT2D eigenvalue weighted by Crippen LogP contribution is 2.25. The van der Waals surface area contributed by atoms with Gasteiger partial charge < -0.3 is 15.7 Å². The predicted octanol–water partition coefficient (Wildman–Crippen LogP) is 0.389. The third-order valence-electron chi connectivity index (χ3n) is 1.97. The Kier molecular flexibility index (Phi) is 3.62. The Morgan fingerprint density at radius 3 is 2.81 bits per heavy atom. The molecule has 7 nitrogen and oxygen atoms in total. The van der Waals surface area contributed by atoms with Crippen LogP contribution in [0, 0.1) is 10.1 Å². The summed E-state index contributed by atoms with van der Waals surface area (Å²) in [5, 5.41) is 20.0. The zero-order valence-corrected chi connectivity index (χ0v) is 9.12. The van der Waals surface area contributed by atoms with E-state index >= 15 is 0 Å². The van der Waals surface area contributed by atoms with E-state index in [1.165, 1.54) is 17.0 Å². The fraction of sp³-hybridized carbons (Fsp3) is 0.444. The number of nitrogens with zero attached hydrogens (tertiary/aromatic N) is 3. The summed E-state index contributed by atoms with van der Waals surface area (Å²) >= 11 is 0. The molecule has 0 fully saturated rings. The van der Waals surface area contributed by atoms with Gasteiger partial charge in [0.2, 0.25) is 5.82 Å². The van der Waals surface area contributed by atoms with Crippen molar-refractivity contribution in [2.75, 3.05) is 24.2 Å². The number of nitrogens with two attached hydrogens (primary N) is 1. The van der Waals surface area contributed by atoms with Crippen molar-refractivity contribution in [2.45, 2.75) is 13.0 Å². The van der Waals surface area contributed by atoms with Gasteiger partial charge in [-0.2, -0.15) is 0 Å². The smallest absolute Gasteiger partial charge is 0.311 e. The molecule has 0 aromatic carbocycles. The van der Waals surface area contributed by atoms with Crippen LogP contribution < -0.4 is 10.6 Å². The second-order valence-electron chi connectivity index (χ2n) is 3.57. The molecule has 7 heteroatoms. The lowest BCUT2D eigenvalue weighted by Gasteiger charge is -2.19. The van der Waals surface area contributed by atoms with Gasteiger partial charge in [-0.3, -0.25) is 10.1 Å². The van der Waals surface area contributed by atoms with E-state index < -0.39 is 11.0 Å². The molecule has 0 bridgehead atoms. The zero-order valence-electron chi connectivity index (χ0n) is 9.12. The Labute approximate surface area is 92.7 Å². The minimum absolute atomic E-state index is 0.127. The Balaban J connectivity index is 3.09. The van der Waals surface area contributed by atoms with E-state index in [1.54, 1.807) is 14.0 Å². The molecule has 1 aromatic rings. The molecule has 0 aliphatic rings. The molecular weight excluding hydrogens is 212 g/mol. The molecule has 1 aromatic heterocycles. The molecule has 16 heavy (non-hydrogen) atoms. The van der Waals surface area contributed by atoms with Crippen LogP contribution in [0.15, 0.2) is 12.1 Å². The zero-order chi connectivity index (χ0) is 12.3. The number of anilines is 2. The normalized spacial score (nSPS) is 12.2. The van der Waals surface area contributed by atoms with Crippen molar-refractivity contribution in [3.8, 4) is 0 Å². The molecule has 0 saturated heterocycles. The summed E-state index contributed by atoms with van der Waals surface area (Å²) in [6, 6.07) is 2.67. The first kappa shape index (κ1) is 12.2. The highest BCUT2D eigenvalue weighted by Gasteiger charge is 2.19. The summed E-state index contributed by atoms with van der Waals surface area (Å²) in [4.78, 5) is 15.6.